The molecule has 18 heteroatoms. The van der Waals surface area contributed by atoms with Gasteiger partial charge in [0.05, 0.1) is 25.3 Å². The fourth-order valence-corrected chi connectivity index (χ4v) is 4.69. The van der Waals surface area contributed by atoms with Gasteiger partial charge in [0, 0.05) is 30.7 Å². The minimum absolute atomic E-state index is 0.0242. The Labute approximate surface area is 317 Å². The van der Waals surface area contributed by atoms with Crippen molar-refractivity contribution in [2.45, 2.75) is 26.1 Å². The van der Waals surface area contributed by atoms with E-state index in [1.807, 2.05) is 5.43 Å². The number of rotatable bonds is 14. The van der Waals surface area contributed by atoms with Gasteiger partial charge in [-0.15, -0.1) is 0 Å². The van der Waals surface area contributed by atoms with Gasteiger partial charge in [-0.3, -0.25) is 34.8 Å². The van der Waals surface area contributed by atoms with Crippen molar-refractivity contribution in [1.82, 2.24) is 10.9 Å². The molecule has 2 atom stereocenters. The highest BCUT2D eigenvalue weighted by Crippen LogP contribution is 2.30. The first-order valence-corrected chi connectivity index (χ1v) is 16.1. The summed E-state index contributed by atoms with van der Waals surface area (Å²) >= 11 is 0. The summed E-state index contributed by atoms with van der Waals surface area (Å²) in [6, 6.07) is 20.5. The van der Waals surface area contributed by atoms with Crippen LogP contribution >= 0.6 is 0 Å². The summed E-state index contributed by atoms with van der Waals surface area (Å²) in [7, 11) is 2.41. The third-order valence-electron chi connectivity index (χ3n) is 7.29. The van der Waals surface area contributed by atoms with Gasteiger partial charge in [-0.2, -0.15) is 0 Å². The predicted octanol–water partition coefficient (Wildman–Crippen LogP) is 3.10. The van der Waals surface area contributed by atoms with Gasteiger partial charge in [0.25, 0.3) is 17.7 Å². The van der Waals surface area contributed by atoms with Crippen LogP contribution in [0.1, 0.15) is 55.3 Å². The molecule has 0 aliphatic rings. The van der Waals surface area contributed by atoms with Gasteiger partial charge >= 0.3 is 29.8 Å². The van der Waals surface area contributed by atoms with Gasteiger partial charge < -0.3 is 38.8 Å². The number of amides is 3. The Balaban J connectivity index is 1.57. The second kappa shape index (κ2) is 18.8. The van der Waals surface area contributed by atoms with Crippen LogP contribution in [0.2, 0.25) is 0 Å². The number of carboxylic acid groups (broad SMARTS) is 1. The highest BCUT2D eigenvalue weighted by Gasteiger charge is 2.41. The number of carbonyl (C=O) groups is 8. The average molecular weight is 772 g/mol. The molecule has 0 saturated heterocycles. The molecule has 4 rings (SSSR count). The molecule has 56 heavy (non-hydrogen) atoms. The number of carboxylic acids is 1. The molecular weight excluding hydrogens is 738 g/mol. The largest absolute Gasteiger partial charge is 0.493 e. The number of nitrogens with one attached hydrogen (secondary N) is 3. The summed E-state index contributed by atoms with van der Waals surface area (Å²) in [6.45, 7) is 2.26. The van der Waals surface area contributed by atoms with Crippen molar-refractivity contribution in [2.75, 3.05) is 19.5 Å². The molecule has 4 aromatic rings. The van der Waals surface area contributed by atoms with E-state index < -0.39 is 59.8 Å². The van der Waals surface area contributed by atoms with Crippen LogP contribution in [0, 0.1) is 0 Å². The standard InChI is InChI=1S/C38H33N3O15/c1-20(42)53-27-16-12-24(18-29(27)51-3)37(49)55-31(32(36(47)48)56-38(50)25-13-17-28(54-21(2)43)30(19-25)52-4)35(46)41-40-34(45)23-10-14-26(15-11-23)39-33(44)22-8-6-5-7-9-22/h5-19,31-32H,1-4H3,(H,39,44)(H,40,45)(H,41,46)(H,47,48)/t31-,32-/m0/s1. The first-order valence-electron chi connectivity index (χ1n) is 16.1. The topological polar surface area (TPSA) is 248 Å². The summed E-state index contributed by atoms with van der Waals surface area (Å²) in [6.07, 6.45) is -4.99. The number of hydrogen-bond acceptors (Lipinski definition) is 14. The Morgan fingerprint density at radius 3 is 1.46 bits per heavy atom. The van der Waals surface area contributed by atoms with Gasteiger partial charge in [-0.1, -0.05) is 18.2 Å². The van der Waals surface area contributed by atoms with Crippen LogP contribution in [0.3, 0.4) is 0 Å². The number of hydrazine groups is 1. The van der Waals surface area contributed by atoms with Crippen molar-refractivity contribution >= 4 is 53.3 Å². The average Bonchev–Trinajstić information content (AvgIpc) is 3.18. The minimum atomic E-state index is -2.53. The number of ether oxygens (including phenoxy) is 6. The minimum Gasteiger partial charge on any atom is -0.493 e. The van der Waals surface area contributed by atoms with Crippen LogP contribution in [-0.4, -0.2) is 79.1 Å². The molecule has 4 aromatic carbocycles. The van der Waals surface area contributed by atoms with E-state index in [1.165, 1.54) is 50.6 Å². The van der Waals surface area contributed by atoms with Gasteiger partial charge in [-0.25, -0.2) is 14.4 Å². The Bertz CT molecular complexity index is 2150. The maximum atomic E-state index is 13.5. The second-order valence-corrected chi connectivity index (χ2v) is 11.2. The number of carbonyl (C=O) groups excluding carboxylic acids is 7. The van der Waals surface area contributed by atoms with Crippen LogP contribution in [0.25, 0.3) is 0 Å². The monoisotopic (exact) mass is 771 g/mol. The maximum absolute atomic E-state index is 13.5. The van der Waals surface area contributed by atoms with Crippen molar-refractivity contribution < 1.29 is 71.9 Å². The van der Waals surface area contributed by atoms with Gasteiger partial charge in [-0.05, 0) is 72.8 Å². The summed E-state index contributed by atoms with van der Waals surface area (Å²) in [5, 5.41) is 12.8. The van der Waals surface area contributed by atoms with E-state index in [-0.39, 0.29) is 39.7 Å². The SMILES string of the molecule is COc1cc(C(=O)O[C@H](C(=O)O)[C@H](OC(=O)c2ccc(OC(C)=O)c(OC)c2)C(=O)NNC(=O)c2ccc(NC(=O)c3ccccc3)cc2)ccc1OC(C)=O. The molecule has 4 N–H and O–H groups in total. The number of esters is 4. The lowest BCUT2D eigenvalue weighted by Gasteiger charge is -2.24. The third-order valence-corrected chi connectivity index (χ3v) is 7.29. The summed E-state index contributed by atoms with van der Waals surface area (Å²) in [5.41, 5.74) is 4.09. The molecule has 0 fully saturated rings. The summed E-state index contributed by atoms with van der Waals surface area (Å²) in [4.78, 5) is 101. The quantitative estimate of drug-likeness (QED) is 0.0817. The maximum Gasteiger partial charge on any atom is 0.349 e. The molecule has 290 valence electrons. The van der Waals surface area contributed by atoms with Crippen molar-refractivity contribution in [1.29, 1.82) is 0 Å². The molecule has 0 radical (unpaired) electrons. The van der Waals surface area contributed by atoms with Crippen LogP contribution in [0.4, 0.5) is 5.69 Å². The number of anilines is 1. The Hall–Kier alpha value is -7.76. The van der Waals surface area contributed by atoms with E-state index in [9.17, 15) is 43.5 Å². The normalized spacial score (nSPS) is 11.4. The highest BCUT2D eigenvalue weighted by molar-refractivity contribution is 6.05. The Morgan fingerprint density at radius 2 is 1.00 bits per heavy atom. The van der Waals surface area contributed by atoms with Crippen molar-refractivity contribution in [3.63, 3.8) is 0 Å². The molecule has 0 heterocycles. The molecule has 3 amide bonds. The fourth-order valence-electron chi connectivity index (χ4n) is 4.69. The molecular formula is C38H33N3O15. The molecule has 18 nitrogen and oxygen atoms in total. The van der Waals surface area contributed by atoms with Crippen LogP contribution < -0.4 is 35.1 Å². The van der Waals surface area contributed by atoms with E-state index in [0.29, 0.717) is 11.3 Å². The molecule has 0 aromatic heterocycles. The van der Waals surface area contributed by atoms with Crippen LogP contribution in [-0.2, 0) is 28.7 Å². The first kappa shape index (κ1) is 41.0. The highest BCUT2D eigenvalue weighted by atomic mass is 16.6. The van der Waals surface area contributed by atoms with Crippen molar-refractivity contribution in [2.24, 2.45) is 0 Å². The molecule has 0 saturated carbocycles. The van der Waals surface area contributed by atoms with Crippen LogP contribution in [0.15, 0.2) is 91.0 Å². The first-order chi connectivity index (χ1) is 26.7. The summed E-state index contributed by atoms with van der Waals surface area (Å²) < 4.78 is 30.7. The van der Waals surface area contributed by atoms with E-state index in [4.69, 9.17) is 28.4 Å². The lowest BCUT2D eigenvalue weighted by Crippen LogP contribution is -2.54. The van der Waals surface area contributed by atoms with Gasteiger partial charge in [0.2, 0.25) is 12.2 Å². The third kappa shape index (κ3) is 10.9. The molecule has 0 aliphatic carbocycles. The number of aliphatic carboxylic acids is 1. The fraction of sp³-hybridized carbons (Fsp3) is 0.158. The Morgan fingerprint density at radius 1 is 0.536 bits per heavy atom. The lowest BCUT2D eigenvalue weighted by atomic mass is 10.1. The van der Waals surface area contributed by atoms with Gasteiger partial charge in [0.1, 0.15) is 0 Å². The van der Waals surface area contributed by atoms with E-state index in [1.54, 1.807) is 30.3 Å². The molecule has 0 spiro atoms. The number of hydrogen-bond donors (Lipinski definition) is 4. The van der Waals surface area contributed by atoms with Crippen LogP contribution in [0.5, 0.6) is 23.0 Å². The summed E-state index contributed by atoms with van der Waals surface area (Å²) in [5.74, 6) is -9.15. The van der Waals surface area contributed by atoms with E-state index >= 15 is 0 Å². The van der Waals surface area contributed by atoms with Gasteiger partial charge in [0.15, 0.2) is 23.0 Å². The molecule has 0 bridgehead atoms. The Kier molecular flexibility index (Phi) is 13.8. The zero-order valence-electron chi connectivity index (χ0n) is 30.0. The second-order valence-electron chi connectivity index (χ2n) is 11.2. The molecule has 0 unspecified atom stereocenters. The van der Waals surface area contributed by atoms with Crippen molar-refractivity contribution in [3.05, 3.63) is 113 Å². The molecule has 0 aliphatic heterocycles. The van der Waals surface area contributed by atoms with E-state index in [2.05, 4.69) is 10.7 Å². The smallest absolute Gasteiger partial charge is 0.349 e. The number of benzene rings is 4. The van der Waals surface area contributed by atoms with Crippen molar-refractivity contribution in [3.8, 4) is 23.0 Å². The predicted molar refractivity (Wildman–Crippen MR) is 191 cm³/mol. The number of methoxy groups -OCH3 is 2. The zero-order chi connectivity index (χ0) is 40.9. The van der Waals surface area contributed by atoms with E-state index in [0.717, 1.165) is 38.1 Å². The zero-order valence-corrected chi connectivity index (χ0v) is 30.0. The lowest BCUT2D eigenvalue weighted by molar-refractivity contribution is -0.159.